The number of benzene rings is 2. The van der Waals surface area contributed by atoms with Gasteiger partial charge in [0.15, 0.2) is 0 Å². The van der Waals surface area contributed by atoms with E-state index in [0.717, 1.165) is 12.1 Å². The molecule has 0 bridgehead atoms. The lowest BCUT2D eigenvalue weighted by Gasteiger charge is -2.12. The summed E-state index contributed by atoms with van der Waals surface area (Å²) in [7, 11) is 0. The normalized spacial score (nSPS) is 10.3. The molecule has 0 radical (unpaired) electrons. The van der Waals surface area contributed by atoms with E-state index in [0.29, 0.717) is 12.2 Å². The molecule has 0 saturated heterocycles. The second kappa shape index (κ2) is 6.76. The van der Waals surface area contributed by atoms with Crippen molar-refractivity contribution in [2.45, 2.75) is 13.5 Å². The zero-order valence-corrected chi connectivity index (χ0v) is 11.8. The van der Waals surface area contributed by atoms with Gasteiger partial charge in [0.2, 0.25) is 0 Å². The van der Waals surface area contributed by atoms with Crippen molar-refractivity contribution in [2.24, 2.45) is 0 Å². The Morgan fingerprint density at radius 2 is 1.90 bits per heavy atom. The summed E-state index contributed by atoms with van der Waals surface area (Å²) >= 11 is 0. The Bertz CT molecular complexity index is 641. The number of rotatable bonds is 5. The van der Waals surface area contributed by atoms with E-state index in [2.05, 4.69) is 10.6 Å². The van der Waals surface area contributed by atoms with Crippen molar-refractivity contribution in [1.29, 1.82) is 0 Å². The zero-order valence-electron chi connectivity index (χ0n) is 11.8. The van der Waals surface area contributed by atoms with Gasteiger partial charge in [0, 0.05) is 12.2 Å². The highest BCUT2D eigenvalue weighted by Crippen LogP contribution is 2.24. The van der Waals surface area contributed by atoms with Gasteiger partial charge in [0.05, 0.1) is 5.56 Å². The summed E-state index contributed by atoms with van der Waals surface area (Å²) in [5.74, 6) is -0.708. The van der Waals surface area contributed by atoms with Crippen LogP contribution in [0.2, 0.25) is 0 Å². The van der Waals surface area contributed by atoms with Gasteiger partial charge in [-0.25, -0.2) is 0 Å². The summed E-state index contributed by atoms with van der Waals surface area (Å²) in [6.07, 6.45) is 0. The maximum atomic E-state index is 12.2. The molecule has 0 aliphatic heterocycles. The van der Waals surface area contributed by atoms with Crippen molar-refractivity contribution in [1.82, 2.24) is 5.32 Å². The number of para-hydroxylation sites is 1. The van der Waals surface area contributed by atoms with Gasteiger partial charge in [-0.1, -0.05) is 25.1 Å². The van der Waals surface area contributed by atoms with Gasteiger partial charge < -0.3 is 20.8 Å². The highest BCUT2D eigenvalue weighted by Gasteiger charge is 2.13. The molecular weight excluding hydrogens is 268 g/mol. The highest BCUT2D eigenvalue weighted by molar-refractivity contribution is 6.06. The van der Waals surface area contributed by atoms with Crippen LogP contribution in [-0.4, -0.2) is 22.7 Å². The number of amides is 1. The molecule has 4 N–H and O–H groups in total. The molecule has 0 atom stereocenters. The van der Waals surface area contributed by atoms with Crippen LogP contribution in [0.4, 0.5) is 5.69 Å². The number of hydrogen-bond donors (Lipinski definition) is 4. The van der Waals surface area contributed by atoms with E-state index in [1.54, 1.807) is 6.07 Å². The van der Waals surface area contributed by atoms with Crippen molar-refractivity contribution in [3.63, 3.8) is 0 Å². The first-order chi connectivity index (χ1) is 10.1. The standard InChI is InChI=1S/C16H18N2O3/c1-2-17-10-11-5-3-4-6-14(11)18-16(21)13-9-12(19)7-8-15(13)20/h3-9,17,19-20H,2,10H2,1H3,(H,18,21). The first-order valence-corrected chi connectivity index (χ1v) is 6.73. The van der Waals surface area contributed by atoms with Gasteiger partial charge in [0.25, 0.3) is 5.91 Å². The van der Waals surface area contributed by atoms with Crippen LogP contribution in [0.1, 0.15) is 22.8 Å². The Labute approximate surface area is 123 Å². The summed E-state index contributed by atoms with van der Waals surface area (Å²) in [5.41, 5.74) is 1.66. The van der Waals surface area contributed by atoms with Crippen LogP contribution in [0, 0.1) is 0 Å². The smallest absolute Gasteiger partial charge is 0.259 e. The van der Waals surface area contributed by atoms with Gasteiger partial charge in [-0.3, -0.25) is 4.79 Å². The number of nitrogens with one attached hydrogen (secondary N) is 2. The quantitative estimate of drug-likeness (QED) is 0.636. The third-order valence-corrected chi connectivity index (χ3v) is 3.06. The monoisotopic (exact) mass is 286 g/mol. The molecule has 21 heavy (non-hydrogen) atoms. The third-order valence-electron chi connectivity index (χ3n) is 3.06. The average Bonchev–Trinajstić information content (AvgIpc) is 2.48. The number of phenolic OH excluding ortho intramolecular Hbond substituents is 2. The second-order valence-corrected chi connectivity index (χ2v) is 4.59. The molecule has 2 rings (SSSR count). The van der Waals surface area contributed by atoms with Crippen LogP contribution < -0.4 is 10.6 Å². The van der Waals surface area contributed by atoms with E-state index >= 15 is 0 Å². The van der Waals surface area contributed by atoms with E-state index in [1.807, 2.05) is 25.1 Å². The fourth-order valence-corrected chi connectivity index (χ4v) is 1.95. The summed E-state index contributed by atoms with van der Waals surface area (Å²) in [4.78, 5) is 12.2. The van der Waals surface area contributed by atoms with Gasteiger partial charge in [-0.15, -0.1) is 0 Å². The maximum absolute atomic E-state index is 12.2. The summed E-state index contributed by atoms with van der Waals surface area (Å²) in [5, 5.41) is 25.1. The Morgan fingerprint density at radius 1 is 1.14 bits per heavy atom. The lowest BCUT2D eigenvalue weighted by Crippen LogP contribution is -2.17. The molecule has 2 aromatic carbocycles. The number of carbonyl (C=O) groups excluding carboxylic acids is 1. The molecule has 0 aromatic heterocycles. The summed E-state index contributed by atoms with van der Waals surface area (Å²) in [6, 6.07) is 11.3. The SMILES string of the molecule is CCNCc1ccccc1NC(=O)c1cc(O)ccc1O. The van der Waals surface area contributed by atoms with E-state index in [9.17, 15) is 15.0 Å². The van der Waals surface area contributed by atoms with Crippen LogP contribution in [0.5, 0.6) is 11.5 Å². The highest BCUT2D eigenvalue weighted by atomic mass is 16.3. The minimum Gasteiger partial charge on any atom is -0.508 e. The molecule has 0 fully saturated rings. The molecule has 0 heterocycles. The lowest BCUT2D eigenvalue weighted by atomic mass is 10.1. The van der Waals surface area contributed by atoms with Crippen LogP contribution in [0.25, 0.3) is 0 Å². The molecule has 0 saturated carbocycles. The van der Waals surface area contributed by atoms with Crippen molar-refractivity contribution in [2.75, 3.05) is 11.9 Å². The van der Waals surface area contributed by atoms with Crippen molar-refractivity contribution < 1.29 is 15.0 Å². The van der Waals surface area contributed by atoms with Crippen molar-refractivity contribution in [3.05, 3.63) is 53.6 Å². The van der Waals surface area contributed by atoms with Crippen LogP contribution in [0.3, 0.4) is 0 Å². The predicted molar refractivity (Wildman–Crippen MR) is 81.5 cm³/mol. The second-order valence-electron chi connectivity index (χ2n) is 4.59. The summed E-state index contributed by atoms with van der Waals surface area (Å²) < 4.78 is 0. The molecule has 2 aromatic rings. The number of aromatic hydroxyl groups is 2. The Hall–Kier alpha value is -2.53. The topological polar surface area (TPSA) is 81.6 Å². The molecule has 1 amide bonds. The Kier molecular flexibility index (Phi) is 4.79. The Balaban J connectivity index is 2.21. The van der Waals surface area contributed by atoms with E-state index in [1.165, 1.54) is 18.2 Å². The first-order valence-electron chi connectivity index (χ1n) is 6.73. The molecular formula is C16H18N2O3. The maximum Gasteiger partial charge on any atom is 0.259 e. The van der Waals surface area contributed by atoms with Gasteiger partial charge in [-0.2, -0.15) is 0 Å². The predicted octanol–water partition coefficient (Wildman–Crippen LogP) is 2.46. The van der Waals surface area contributed by atoms with E-state index in [4.69, 9.17) is 0 Å². The minimum absolute atomic E-state index is 0.0354. The minimum atomic E-state index is -0.465. The molecule has 110 valence electrons. The van der Waals surface area contributed by atoms with Crippen molar-refractivity contribution in [3.8, 4) is 11.5 Å². The van der Waals surface area contributed by atoms with Gasteiger partial charge >= 0.3 is 0 Å². The van der Waals surface area contributed by atoms with Crippen LogP contribution in [0.15, 0.2) is 42.5 Å². The molecule has 0 unspecified atom stereocenters. The van der Waals surface area contributed by atoms with Gasteiger partial charge in [0.1, 0.15) is 11.5 Å². The molecule has 5 heteroatoms. The molecule has 5 nitrogen and oxygen atoms in total. The van der Waals surface area contributed by atoms with Crippen LogP contribution in [-0.2, 0) is 6.54 Å². The average molecular weight is 286 g/mol. The first kappa shape index (κ1) is 14.9. The zero-order chi connectivity index (χ0) is 15.2. The van der Waals surface area contributed by atoms with Gasteiger partial charge in [-0.05, 0) is 36.4 Å². The fourth-order valence-electron chi connectivity index (χ4n) is 1.95. The Morgan fingerprint density at radius 3 is 2.67 bits per heavy atom. The van der Waals surface area contributed by atoms with E-state index < -0.39 is 5.91 Å². The number of anilines is 1. The fraction of sp³-hybridized carbons (Fsp3) is 0.188. The molecule has 0 spiro atoms. The van der Waals surface area contributed by atoms with Crippen molar-refractivity contribution >= 4 is 11.6 Å². The molecule has 0 aliphatic rings. The summed E-state index contributed by atoms with van der Waals surface area (Å²) in [6.45, 7) is 3.47. The number of carbonyl (C=O) groups is 1. The number of phenols is 2. The van der Waals surface area contributed by atoms with Crippen LogP contribution >= 0.6 is 0 Å². The van der Waals surface area contributed by atoms with E-state index in [-0.39, 0.29) is 17.1 Å². The largest absolute Gasteiger partial charge is 0.508 e. The number of hydrogen-bond acceptors (Lipinski definition) is 4. The lowest BCUT2D eigenvalue weighted by molar-refractivity contribution is 0.102. The molecule has 0 aliphatic carbocycles. The third kappa shape index (κ3) is 3.73.